The van der Waals surface area contributed by atoms with E-state index < -0.39 is 0 Å². The van der Waals surface area contributed by atoms with Gasteiger partial charge in [0.15, 0.2) is 11.5 Å². The quantitative estimate of drug-likeness (QED) is 0.859. The highest BCUT2D eigenvalue weighted by Crippen LogP contribution is 2.38. The second-order valence-electron chi connectivity index (χ2n) is 6.02. The minimum absolute atomic E-state index is 0.0356. The molecule has 3 N–H and O–H groups in total. The topological polar surface area (TPSA) is 73.6 Å². The molecule has 0 bridgehead atoms. The van der Waals surface area contributed by atoms with E-state index in [4.69, 9.17) is 15.2 Å². The molecule has 22 heavy (non-hydrogen) atoms. The SMILES string of the molecule is C[C@H](NC(=O)[C@H]1CC[C@@H](N)C1)c1cc2c(cc1Br)OCCO2. The lowest BCUT2D eigenvalue weighted by atomic mass is 10.0. The molecule has 120 valence electrons. The average Bonchev–Trinajstić information content (AvgIpc) is 2.93. The predicted octanol–water partition coefficient (Wildman–Crippen LogP) is 2.52. The fourth-order valence-corrected chi connectivity index (χ4v) is 3.74. The molecule has 5 nitrogen and oxygen atoms in total. The summed E-state index contributed by atoms with van der Waals surface area (Å²) in [7, 11) is 0. The van der Waals surface area contributed by atoms with Crippen LogP contribution in [0.15, 0.2) is 16.6 Å². The van der Waals surface area contributed by atoms with Crippen molar-refractivity contribution in [3.8, 4) is 11.5 Å². The number of fused-ring (bicyclic) bond motifs is 1. The van der Waals surface area contributed by atoms with E-state index in [-0.39, 0.29) is 23.9 Å². The first kappa shape index (κ1) is 15.6. The Morgan fingerprint density at radius 1 is 1.32 bits per heavy atom. The number of halogens is 1. The Labute approximate surface area is 138 Å². The highest BCUT2D eigenvalue weighted by molar-refractivity contribution is 9.10. The van der Waals surface area contributed by atoms with Crippen LogP contribution in [-0.2, 0) is 4.79 Å². The van der Waals surface area contributed by atoms with E-state index in [1.165, 1.54) is 0 Å². The van der Waals surface area contributed by atoms with Crippen molar-refractivity contribution in [2.24, 2.45) is 11.7 Å². The van der Waals surface area contributed by atoms with Crippen LogP contribution in [0.5, 0.6) is 11.5 Å². The molecule has 0 radical (unpaired) electrons. The number of hydrogen-bond donors (Lipinski definition) is 2. The molecule has 0 spiro atoms. The molecule has 1 aliphatic heterocycles. The Morgan fingerprint density at radius 3 is 2.64 bits per heavy atom. The summed E-state index contributed by atoms with van der Waals surface area (Å²) in [4.78, 5) is 12.3. The highest BCUT2D eigenvalue weighted by Gasteiger charge is 2.29. The van der Waals surface area contributed by atoms with Crippen molar-refractivity contribution < 1.29 is 14.3 Å². The van der Waals surface area contributed by atoms with Crippen LogP contribution in [0.25, 0.3) is 0 Å². The van der Waals surface area contributed by atoms with Gasteiger partial charge in [0.25, 0.3) is 0 Å². The maximum absolute atomic E-state index is 12.3. The van der Waals surface area contributed by atoms with E-state index in [0.717, 1.165) is 40.8 Å². The van der Waals surface area contributed by atoms with Gasteiger partial charge in [0.05, 0.1) is 6.04 Å². The van der Waals surface area contributed by atoms with Crippen molar-refractivity contribution in [2.45, 2.75) is 38.3 Å². The summed E-state index contributed by atoms with van der Waals surface area (Å²) in [6.07, 6.45) is 2.59. The van der Waals surface area contributed by atoms with Crippen LogP contribution in [-0.4, -0.2) is 25.2 Å². The molecule has 3 rings (SSSR count). The van der Waals surface area contributed by atoms with Crippen molar-refractivity contribution in [3.05, 3.63) is 22.2 Å². The number of benzene rings is 1. The Bertz CT molecular complexity index is 579. The van der Waals surface area contributed by atoms with Gasteiger partial charge in [0.2, 0.25) is 5.91 Å². The maximum Gasteiger partial charge on any atom is 0.223 e. The molecule has 1 fully saturated rings. The molecule has 0 unspecified atom stereocenters. The van der Waals surface area contributed by atoms with E-state index in [1.807, 2.05) is 19.1 Å². The molecule has 1 aliphatic carbocycles. The van der Waals surface area contributed by atoms with Crippen LogP contribution < -0.4 is 20.5 Å². The van der Waals surface area contributed by atoms with Crippen LogP contribution >= 0.6 is 15.9 Å². The molecule has 0 aromatic heterocycles. The van der Waals surface area contributed by atoms with E-state index in [1.54, 1.807) is 0 Å². The largest absolute Gasteiger partial charge is 0.486 e. The Kier molecular flexibility index (Phi) is 4.59. The Hall–Kier alpha value is -1.27. The van der Waals surface area contributed by atoms with Gasteiger partial charge in [0, 0.05) is 16.4 Å². The number of amides is 1. The van der Waals surface area contributed by atoms with Gasteiger partial charge in [-0.15, -0.1) is 0 Å². The lowest BCUT2D eigenvalue weighted by Gasteiger charge is -2.23. The third kappa shape index (κ3) is 3.22. The monoisotopic (exact) mass is 368 g/mol. The molecule has 1 amide bonds. The molecule has 6 heteroatoms. The second kappa shape index (κ2) is 6.46. The van der Waals surface area contributed by atoms with Gasteiger partial charge in [-0.1, -0.05) is 15.9 Å². The fourth-order valence-electron chi connectivity index (χ4n) is 3.08. The maximum atomic E-state index is 12.3. The molecular weight excluding hydrogens is 348 g/mol. The zero-order chi connectivity index (χ0) is 15.7. The summed E-state index contributed by atoms with van der Waals surface area (Å²) in [6.45, 7) is 3.09. The lowest BCUT2D eigenvalue weighted by molar-refractivity contribution is -0.125. The summed E-state index contributed by atoms with van der Waals surface area (Å²) in [6, 6.07) is 3.89. The van der Waals surface area contributed by atoms with Gasteiger partial charge >= 0.3 is 0 Å². The summed E-state index contributed by atoms with van der Waals surface area (Å²) >= 11 is 3.55. The van der Waals surface area contributed by atoms with Gasteiger partial charge < -0.3 is 20.5 Å². The number of ether oxygens (including phenoxy) is 2. The number of nitrogens with one attached hydrogen (secondary N) is 1. The van der Waals surface area contributed by atoms with Crippen molar-refractivity contribution in [2.75, 3.05) is 13.2 Å². The number of rotatable bonds is 3. The van der Waals surface area contributed by atoms with Gasteiger partial charge in [-0.2, -0.15) is 0 Å². The van der Waals surface area contributed by atoms with E-state index in [2.05, 4.69) is 21.2 Å². The van der Waals surface area contributed by atoms with Crippen LogP contribution in [0, 0.1) is 5.92 Å². The van der Waals surface area contributed by atoms with Crippen LogP contribution in [0.4, 0.5) is 0 Å². The van der Waals surface area contributed by atoms with E-state index in [0.29, 0.717) is 13.2 Å². The third-order valence-corrected chi connectivity index (χ3v) is 5.02. The first-order valence-corrected chi connectivity index (χ1v) is 8.49. The van der Waals surface area contributed by atoms with Gasteiger partial charge in [-0.3, -0.25) is 4.79 Å². The Balaban J connectivity index is 1.71. The zero-order valence-electron chi connectivity index (χ0n) is 12.6. The minimum atomic E-state index is -0.102. The van der Waals surface area contributed by atoms with E-state index in [9.17, 15) is 4.79 Å². The van der Waals surface area contributed by atoms with Gasteiger partial charge in [-0.05, 0) is 43.9 Å². The fraction of sp³-hybridized carbons (Fsp3) is 0.562. The summed E-state index contributed by atoms with van der Waals surface area (Å²) in [5, 5.41) is 3.09. The molecule has 3 atom stereocenters. The van der Waals surface area contributed by atoms with Crippen molar-refractivity contribution in [3.63, 3.8) is 0 Å². The first-order valence-electron chi connectivity index (χ1n) is 7.69. The molecule has 1 saturated carbocycles. The third-order valence-electron chi connectivity index (χ3n) is 4.33. The minimum Gasteiger partial charge on any atom is -0.486 e. The normalized spacial score (nSPS) is 24.9. The standard InChI is InChI=1S/C16H21BrN2O3/c1-9(19-16(20)10-2-3-11(18)6-10)12-7-14-15(8-13(12)17)22-5-4-21-14/h7-11H,2-6,18H2,1H3,(H,19,20)/t9-,10-,11+/m0/s1. The lowest BCUT2D eigenvalue weighted by Crippen LogP contribution is -2.32. The van der Waals surface area contributed by atoms with Crippen LogP contribution in [0.3, 0.4) is 0 Å². The molecule has 1 aromatic rings. The van der Waals surface area contributed by atoms with E-state index >= 15 is 0 Å². The van der Waals surface area contributed by atoms with Crippen molar-refractivity contribution in [1.82, 2.24) is 5.32 Å². The molecule has 1 aromatic carbocycles. The number of carbonyl (C=O) groups excluding carboxylic acids is 1. The zero-order valence-corrected chi connectivity index (χ0v) is 14.2. The summed E-state index contributed by atoms with van der Waals surface area (Å²) < 4.78 is 12.1. The number of hydrogen-bond acceptors (Lipinski definition) is 4. The molecule has 2 aliphatic rings. The Morgan fingerprint density at radius 2 is 2.00 bits per heavy atom. The molecule has 0 saturated heterocycles. The smallest absolute Gasteiger partial charge is 0.223 e. The average molecular weight is 369 g/mol. The van der Waals surface area contributed by atoms with Gasteiger partial charge in [-0.25, -0.2) is 0 Å². The molecule has 1 heterocycles. The summed E-state index contributed by atoms with van der Waals surface area (Å²) in [5.41, 5.74) is 6.87. The number of carbonyl (C=O) groups is 1. The second-order valence-corrected chi connectivity index (χ2v) is 6.87. The van der Waals surface area contributed by atoms with Crippen molar-refractivity contribution in [1.29, 1.82) is 0 Å². The van der Waals surface area contributed by atoms with Crippen molar-refractivity contribution >= 4 is 21.8 Å². The number of nitrogens with two attached hydrogens (primary N) is 1. The first-order chi connectivity index (χ1) is 10.5. The summed E-state index contributed by atoms with van der Waals surface area (Å²) in [5.74, 6) is 1.59. The van der Waals surface area contributed by atoms with Crippen LogP contribution in [0.1, 0.15) is 37.8 Å². The highest BCUT2D eigenvalue weighted by atomic mass is 79.9. The van der Waals surface area contributed by atoms with Gasteiger partial charge in [0.1, 0.15) is 13.2 Å². The predicted molar refractivity (Wildman–Crippen MR) is 87.0 cm³/mol. The molecular formula is C16H21BrN2O3. The van der Waals surface area contributed by atoms with Crippen LogP contribution in [0.2, 0.25) is 0 Å².